The quantitative estimate of drug-likeness (QED) is 0.728. The van der Waals surface area contributed by atoms with Crippen LogP contribution in [0.3, 0.4) is 0 Å². The van der Waals surface area contributed by atoms with Crippen LogP contribution in [-0.4, -0.2) is 19.3 Å². The molecule has 0 saturated heterocycles. The number of hydrogen-bond acceptors (Lipinski definition) is 3. The van der Waals surface area contributed by atoms with Crippen LogP contribution in [0.2, 0.25) is 0 Å². The molecule has 0 fully saturated rings. The van der Waals surface area contributed by atoms with Crippen molar-refractivity contribution in [3.8, 4) is 5.75 Å². The van der Waals surface area contributed by atoms with Crippen molar-refractivity contribution in [1.29, 1.82) is 0 Å². The summed E-state index contributed by atoms with van der Waals surface area (Å²) in [6, 6.07) is 17.2. The van der Waals surface area contributed by atoms with Crippen molar-refractivity contribution in [2.24, 2.45) is 0 Å². The van der Waals surface area contributed by atoms with Crippen LogP contribution in [0.15, 0.2) is 54.6 Å². The largest absolute Gasteiger partial charge is 0.433 e. The molecular weight excluding hydrogens is 309 g/mol. The molecule has 0 bridgehead atoms. The number of hydrogen-bond donors (Lipinski definition) is 1. The summed E-state index contributed by atoms with van der Waals surface area (Å²) in [5.41, 5.74) is 2.38. The van der Waals surface area contributed by atoms with Gasteiger partial charge >= 0.3 is 7.52 Å². The zero-order chi connectivity index (χ0) is 16.7. The van der Waals surface area contributed by atoms with E-state index in [1.54, 1.807) is 18.8 Å². The maximum absolute atomic E-state index is 12.5. The van der Waals surface area contributed by atoms with Crippen LogP contribution in [0.5, 0.6) is 5.75 Å². The lowest BCUT2D eigenvalue weighted by atomic mass is 10.1. The summed E-state index contributed by atoms with van der Waals surface area (Å²) < 4.78 is 23.8. The summed E-state index contributed by atoms with van der Waals surface area (Å²) in [4.78, 5) is 0. The monoisotopic (exact) mass is 333 g/mol. The van der Waals surface area contributed by atoms with E-state index >= 15 is 0 Å². The Balaban J connectivity index is 1.78. The molecule has 23 heavy (non-hydrogen) atoms. The Hall–Kier alpha value is -1.61. The van der Waals surface area contributed by atoms with Gasteiger partial charge in [-0.1, -0.05) is 42.5 Å². The van der Waals surface area contributed by atoms with Gasteiger partial charge in [-0.25, -0.2) is 5.09 Å². The molecule has 0 radical (unpaired) electrons. The summed E-state index contributed by atoms with van der Waals surface area (Å²) >= 11 is 0. The van der Waals surface area contributed by atoms with E-state index in [0.29, 0.717) is 19.0 Å². The molecular formula is C18H24NO3P. The first-order valence-electron chi connectivity index (χ1n) is 7.68. The Morgan fingerprint density at radius 2 is 1.74 bits per heavy atom. The van der Waals surface area contributed by atoms with Gasteiger partial charge in [0, 0.05) is 12.7 Å². The number of aryl methyl sites for hydroxylation is 1. The molecule has 124 valence electrons. The van der Waals surface area contributed by atoms with Gasteiger partial charge in [-0.15, -0.1) is 0 Å². The van der Waals surface area contributed by atoms with Crippen molar-refractivity contribution in [3.05, 3.63) is 65.7 Å². The highest BCUT2D eigenvalue weighted by Gasteiger charge is 2.20. The van der Waals surface area contributed by atoms with E-state index in [0.717, 1.165) is 0 Å². The van der Waals surface area contributed by atoms with E-state index in [1.165, 1.54) is 11.1 Å². The van der Waals surface area contributed by atoms with Crippen molar-refractivity contribution in [1.82, 2.24) is 5.09 Å². The third kappa shape index (κ3) is 6.19. The summed E-state index contributed by atoms with van der Waals surface area (Å²) in [7, 11) is -2.92. The average molecular weight is 333 g/mol. The first kappa shape index (κ1) is 17.7. The van der Waals surface area contributed by atoms with Gasteiger partial charge in [-0.05, 0) is 37.1 Å². The Morgan fingerprint density at radius 1 is 1.09 bits per heavy atom. The van der Waals surface area contributed by atoms with Crippen LogP contribution >= 0.6 is 7.52 Å². The number of ether oxygens (including phenoxy) is 1. The summed E-state index contributed by atoms with van der Waals surface area (Å²) in [6.45, 7) is 6.59. The van der Waals surface area contributed by atoms with Gasteiger partial charge in [-0.2, -0.15) is 0 Å². The molecule has 0 aliphatic rings. The second kappa shape index (κ2) is 8.30. The van der Waals surface area contributed by atoms with Gasteiger partial charge < -0.3 is 9.26 Å². The van der Waals surface area contributed by atoms with Crippen LogP contribution in [-0.2, 0) is 15.9 Å². The molecule has 5 heteroatoms. The van der Waals surface area contributed by atoms with Crippen molar-refractivity contribution in [3.63, 3.8) is 0 Å². The van der Waals surface area contributed by atoms with Crippen molar-refractivity contribution < 1.29 is 13.8 Å². The molecule has 0 aromatic heterocycles. The normalized spacial score (nSPS) is 14.9. The predicted octanol–water partition coefficient (Wildman–Crippen LogP) is 4.39. The van der Waals surface area contributed by atoms with Crippen LogP contribution < -0.4 is 9.61 Å². The van der Waals surface area contributed by atoms with Gasteiger partial charge in [0.05, 0.1) is 13.2 Å². The predicted molar refractivity (Wildman–Crippen MR) is 94.0 cm³/mol. The smallest absolute Gasteiger partial charge is 0.313 e. The zero-order valence-corrected chi connectivity index (χ0v) is 14.8. The Bertz CT molecular complexity index is 660. The lowest BCUT2D eigenvalue weighted by Crippen LogP contribution is -2.29. The van der Waals surface area contributed by atoms with Crippen LogP contribution in [0.25, 0.3) is 0 Å². The molecule has 4 nitrogen and oxygen atoms in total. The van der Waals surface area contributed by atoms with E-state index < -0.39 is 7.52 Å². The molecule has 2 aromatic carbocycles. The van der Waals surface area contributed by atoms with E-state index in [1.807, 2.05) is 37.3 Å². The SMILES string of the molecule is Cc1ccccc1COC[C@H](C)NP(C)(=O)Oc1ccccc1. The fourth-order valence-electron chi connectivity index (χ4n) is 2.26. The van der Waals surface area contributed by atoms with Crippen molar-refractivity contribution in [2.45, 2.75) is 26.5 Å². The molecule has 2 atom stereocenters. The van der Waals surface area contributed by atoms with E-state index in [-0.39, 0.29) is 6.04 Å². The molecule has 0 spiro atoms. The fourth-order valence-corrected chi connectivity index (χ4v) is 3.72. The topological polar surface area (TPSA) is 47.6 Å². The van der Waals surface area contributed by atoms with Crippen LogP contribution in [0.4, 0.5) is 0 Å². The van der Waals surface area contributed by atoms with Crippen LogP contribution in [0.1, 0.15) is 18.1 Å². The van der Waals surface area contributed by atoms with Gasteiger partial charge in [-0.3, -0.25) is 4.57 Å². The molecule has 2 aromatic rings. The van der Waals surface area contributed by atoms with Gasteiger partial charge in [0.1, 0.15) is 5.75 Å². The molecule has 0 aliphatic heterocycles. The molecule has 0 aliphatic carbocycles. The second-order valence-corrected chi connectivity index (χ2v) is 7.85. The molecule has 1 N–H and O–H groups in total. The Labute approximate surface area is 138 Å². The lowest BCUT2D eigenvalue weighted by Gasteiger charge is -2.21. The first-order chi connectivity index (χ1) is 11.0. The maximum atomic E-state index is 12.5. The van der Waals surface area contributed by atoms with Crippen molar-refractivity contribution in [2.75, 3.05) is 13.3 Å². The molecule has 1 unspecified atom stereocenters. The van der Waals surface area contributed by atoms with E-state index in [2.05, 4.69) is 24.1 Å². The summed E-state index contributed by atoms with van der Waals surface area (Å²) in [5, 5.41) is 3.01. The maximum Gasteiger partial charge on any atom is 0.313 e. The standard InChI is InChI=1S/C18H24NO3P/c1-15-9-7-8-10-17(15)14-21-13-16(2)19-23(3,20)22-18-11-5-4-6-12-18/h4-12,16H,13-14H2,1-3H3,(H,19,20)/t16-,23?/m0/s1. The fraction of sp³-hybridized carbons (Fsp3) is 0.333. The number of nitrogens with one attached hydrogen (secondary N) is 1. The average Bonchev–Trinajstić information content (AvgIpc) is 2.49. The van der Waals surface area contributed by atoms with E-state index in [9.17, 15) is 4.57 Å². The Morgan fingerprint density at radius 3 is 2.43 bits per heavy atom. The highest BCUT2D eigenvalue weighted by atomic mass is 31.2. The number of para-hydroxylation sites is 1. The minimum absolute atomic E-state index is 0.0708. The summed E-state index contributed by atoms with van der Waals surface area (Å²) in [6.07, 6.45) is 0. The van der Waals surface area contributed by atoms with Crippen molar-refractivity contribution >= 4 is 7.52 Å². The minimum atomic E-state index is -2.92. The molecule has 0 saturated carbocycles. The van der Waals surface area contributed by atoms with Crippen LogP contribution in [0, 0.1) is 6.92 Å². The minimum Gasteiger partial charge on any atom is -0.433 e. The zero-order valence-electron chi connectivity index (χ0n) is 13.9. The van der Waals surface area contributed by atoms with Gasteiger partial charge in [0.25, 0.3) is 0 Å². The molecule has 0 heterocycles. The number of rotatable bonds is 8. The second-order valence-electron chi connectivity index (χ2n) is 5.72. The third-order valence-corrected chi connectivity index (χ3v) is 4.83. The Kier molecular flexibility index (Phi) is 6.40. The molecule has 2 rings (SSSR count). The molecule has 0 amide bonds. The van der Waals surface area contributed by atoms with E-state index in [4.69, 9.17) is 9.26 Å². The first-order valence-corrected chi connectivity index (χ1v) is 9.76. The highest BCUT2D eigenvalue weighted by Crippen LogP contribution is 2.39. The van der Waals surface area contributed by atoms with Gasteiger partial charge in [0.15, 0.2) is 0 Å². The summed E-state index contributed by atoms with van der Waals surface area (Å²) in [5.74, 6) is 0.596. The highest BCUT2D eigenvalue weighted by molar-refractivity contribution is 7.56. The van der Waals surface area contributed by atoms with Gasteiger partial charge in [0.2, 0.25) is 0 Å². The lowest BCUT2D eigenvalue weighted by molar-refractivity contribution is 0.107. The number of benzene rings is 2. The third-order valence-electron chi connectivity index (χ3n) is 3.36.